The Morgan fingerprint density at radius 1 is 1.30 bits per heavy atom. The first-order valence-electron chi connectivity index (χ1n) is 7.05. The maximum Gasteiger partial charge on any atom is 0.155 e. The number of aryl methyl sites for hydroxylation is 1. The van der Waals surface area contributed by atoms with Gasteiger partial charge in [0.1, 0.15) is 5.82 Å². The van der Waals surface area contributed by atoms with Gasteiger partial charge in [-0.3, -0.25) is 4.79 Å². The van der Waals surface area contributed by atoms with Crippen molar-refractivity contribution in [3.05, 3.63) is 41.6 Å². The van der Waals surface area contributed by atoms with E-state index in [0.717, 1.165) is 23.5 Å². The normalized spacial score (nSPS) is 14.9. The van der Waals surface area contributed by atoms with Gasteiger partial charge < -0.3 is 4.90 Å². The molecule has 4 heteroatoms. The van der Waals surface area contributed by atoms with Gasteiger partial charge in [-0.25, -0.2) is 4.68 Å². The van der Waals surface area contributed by atoms with Gasteiger partial charge in [0.05, 0.1) is 16.9 Å². The number of anilines is 1. The predicted octanol–water partition coefficient (Wildman–Crippen LogP) is 2.98. The summed E-state index contributed by atoms with van der Waals surface area (Å²) in [4.78, 5) is 13.7. The van der Waals surface area contributed by atoms with Crippen molar-refractivity contribution in [1.29, 1.82) is 0 Å². The summed E-state index contributed by atoms with van der Waals surface area (Å²) in [6.07, 6.45) is 4.57. The number of rotatable bonds is 4. The summed E-state index contributed by atoms with van der Waals surface area (Å²) >= 11 is 0. The molecule has 1 aliphatic rings. The number of carbonyl (C=O) groups excluding carboxylic acids is 1. The van der Waals surface area contributed by atoms with Crippen LogP contribution in [0.4, 0.5) is 5.82 Å². The highest BCUT2D eigenvalue weighted by atomic mass is 16.1. The van der Waals surface area contributed by atoms with Gasteiger partial charge in [-0.15, -0.1) is 0 Å². The molecule has 20 heavy (non-hydrogen) atoms. The SMILES string of the molecule is Cc1nn(-c2ccccc2)c(N(C)C2CCC2)c1C=O. The Morgan fingerprint density at radius 3 is 2.55 bits per heavy atom. The summed E-state index contributed by atoms with van der Waals surface area (Å²) in [6, 6.07) is 10.5. The summed E-state index contributed by atoms with van der Waals surface area (Å²) in [5.41, 5.74) is 2.47. The second-order valence-electron chi connectivity index (χ2n) is 5.38. The van der Waals surface area contributed by atoms with Gasteiger partial charge in [0, 0.05) is 13.1 Å². The van der Waals surface area contributed by atoms with Gasteiger partial charge in [0.2, 0.25) is 0 Å². The molecule has 0 saturated heterocycles. The first-order valence-corrected chi connectivity index (χ1v) is 7.05. The molecule has 0 amide bonds. The van der Waals surface area contributed by atoms with Crippen LogP contribution in [0.5, 0.6) is 0 Å². The topological polar surface area (TPSA) is 38.1 Å². The minimum Gasteiger partial charge on any atom is -0.356 e. The Hall–Kier alpha value is -2.10. The number of hydrogen-bond acceptors (Lipinski definition) is 3. The van der Waals surface area contributed by atoms with Crippen molar-refractivity contribution >= 4 is 12.1 Å². The molecule has 3 rings (SSSR count). The van der Waals surface area contributed by atoms with E-state index in [1.165, 1.54) is 19.3 Å². The summed E-state index contributed by atoms with van der Waals surface area (Å²) in [6.45, 7) is 1.89. The van der Waals surface area contributed by atoms with Crippen molar-refractivity contribution < 1.29 is 4.79 Å². The van der Waals surface area contributed by atoms with E-state index in [9.17, 15) is 4.79 Å². The molecule has 0 atom stereocenters. The lowest BCUT2D eigenvalue weighted by atomic mass is 9.91. The quantitative estimate of drug-likeness (QED) is 0.801. The third-order valence-corrected chi connectivity index (χ3v) is 4.16. The van der Waals surface area contributed by atoms with Crippen LogP contribution in [0.15, 0.2) is 30.3 Å². The number of para-hydroxylation sites is 1. The molecule has 2 aromatic rings. The number of hydrogen-bond donors (Lipinski definition) is 0. The van der Waals surface area contributed by atoms with Crippen LogP contribution in [0.1, 0.15) is 35.3 Å². The molecule has 1 aromatic heterocycles. The van der Waals surface area contributed by atoms with Gasteiger partial charge in [-0.1, -0.05) is 18.2 Å². The second kappa shape index (κ2) is 5.12. The lowest BCUT2D eigenvalue weighted by molar-refractivity contribution is 0.112. The maximum absolute atomic E-state index is 11.4. The molecule has 4 nitrogen and oxygen atoms in total. The van der Waals surface area contributed by atoms with Crippen molar-refractivity contribution in [3.8, 4) is 5.69 Å². The van der Waals surface area contributed by atoms with Crippen molar-refractivity contribution in [2.45, 2.75) is 32.2 Å². The Balaban J connectivity index is 2.12. The van der Waals surface area contributed by atoms with Crippen molar-refractivity contribution in [1.82, 2.24) is 9.78 Å². The summed E-state index contributed by atoms with van der Waals surface area (Å²) in [5.74, 6) is 0.911. The lowest BCUT2D eigenvalue weighted by Gasteiger charge is -2.36. The highest BCUT2D eigenvalue weighted by molar-refractivity contribution is 5.85. The molecule has 1 aliphatic carbocycles. The molecule has 1 saturated carbocycles. The molecular weight excluding hydrogens is 250 g/mol. The number of aromatic nitrogens is 2. The van der Waals surface area contributed by atoms with Gasteiger partial charge >= 0.3 is 0 Å². The first-order chi connectivity index (χ1) is 9.72. The molecule has 0 spiro atoms. The maximum atomic E-state index is 11.4. The Kier molecular flexibility index (Phi) is 3.30. The highest BCUT2D eigenvalue weighted by Gasteiger charge is 2.28. The highest BCUT2D eigenvalue weighted by Crippen LogP contribution is 2.32. The minimum absolute atomic E-state index is 0.521. The van der Waals surface area contributed by atoms with Gasteiger partial charge in [-0.2, -0.15) is 5.10 Å². The third-order valence-electron chi connectivity index (χ3n) is 4.16. The summed E-state index contributed by atoms with van der Waals surface area (Å²) in [7, 11) is 2.06. The second-order valence-corrected chi connectivity index (χ2v) is 5.38. The smallest absolute Gasteiger partial charge is 0.155 e. The van der Waals surface area contributed by atoms with Crippen LogP contribution in [-0.4, -0.2) is 29.2 Å². The van der Waals surface area contributed by atoms with E-state index in [0.29, 0.717) is 11.6 Å². The monoisotopic (exact) mass is 269 g/mol. The predicted molar refractivity (Wildman–Crippen MR) is 79.7 cm³/mol. The fourth-order valence-electron chi connectivity index (χ4n) is 2.70. The Bertz CT molecular complexity index is 614. The molecule has 1 aromatic carbocycles. The largest absolute Gasteiger partial charge is 0.356 e. The zero-order valence-electron chi connectivity index (χ0n) is 11.9. The van der Waals surface area contributed by atoms with Crippen LogP contribution in [0.3, 0.4) is 0 Å². The van der Waals surface area contributed by atoms with Crippen LogP contribution in [0, 0.1) is 6.92 Å². The Labute approximate surface area is 119 Å². The molecule has 104 valence electrons. The fraction of sp³-hybridized carbons (Fsp3) is 0.375. The van der Waals surface area contributed by atoms with Crippen LogP contribution in [-0.2, 0) is 0 Å². The average Bonchev–Trinajstić information content (AvgIpc) is 2.74. The van der Waals surface area contributed by atoms with Gasteiger partial charge in [0.25, 0.3) is 0 Å². The molecule has 0 aliphatic heterocycles. The molecule has 1 fully saturated rings. The van der Waals surface area contributed by atoms with Gasteiger partial charge in [0.15, 0.2) is 6.29 Å². The molecule has 0 N–H and O–H groups in total. The van der Waals surface area contributed by atoms with Crippen LogP contribution in [0.2, 0.25) is 0 Å². The molecule has 0 radical (unpaired) electrons. The van der Waals surface area contributed by atoms with Crippen molar-refractivity contribution in [2.75, 3.05) is 11.9 Å². The minimum atomic E-state index is 0.521. The zero-order chi connectivity index (χ0) is 14.1. The van der Waals surface area contributed by atoms with Crippen molar-refractivity contribution in [3.63, 3.8) is 0 Å². The van der Waals surface area contributed by atoms with Crippen LogP contribution < -0.4 is 4.90 Å². The molecular formula is C16H19N3O. The number of carbonyl (C=O) groups is 1. The van der Waals surface area contributed by atoms with E-state index in [1.54, 1.807) is 0 Å². The van der Waals surface area contributed by atoms with E-state index in [4.69, 9.17) is 0 Å². The zero-order valence-corrected chi connectivity index (χ0v) is 11.9. The van der Waals surface area contributed by atoms with E-state index >= 15 is 0 Å². The van der Waals surface area contributed by atoms with Crippen LogP contribution in [0.25, 0.3) is 5.69 Å². The molecule has 1 heterocycles. The molecule has 0 unspecified atom stereocenters. The number of aldehydes is 1. The van der Waals surface area contributed by atoms with E-state index in [2.05, 4.69) is 17.0 Å². The van der Waals surface area contributed by atoms with E-state index < -0.39 is 0 Å². The number of nitrogens with zero attached hydrogens (tertiary/aromatic N) is 3. The molecule has 0 bridgehead atoms. The standard InChI is InChI=1S/C16H19N3O/c1-12-15(11-20)16(18(2)13-9-6-10-13)19(17-12)14-7-4-3-5-8-14/h3-5,7-8,11,13H,6,9-10H2,1-2H3. The van der Waals surface area contributed by atoms with E-state index in [-0.39, 0.29) is 0 Å². The van der Waals surface area contributed by atoms with E-state index in [1.807, 2.05) is 41.9 Å². The van der Waals surface area contributed by atoms with Crippen LogP contribution >= 0.6 is 0 Å². The Morgan fingerprint density at radius 2 is 2.00 bits per heavy atom. The first kappa shape index (κ1) is 12.9. The third kappa shape index (κ3) is 2.01. The average molecular weight is 269 g/mol. The van der Waals surface area contributed by atoms with Crippen molar-refractivity contribution in [2.24, 2.45) is 0 Å². The lowest BCUT2D eigenvalue weighted by Crippen LogP contribution is -2.38. The van der Waals surface area contributed by atoms with Gasteiger partial charge in [-0.05, 0) is 38.3 Å². The number of benzene rings is 1. The summed E-state index contributed by atoms with van der Waals surface area (Å²) < 4.78 is 1.89. The summed E-state index contributed by atoms with van der Waals surface area (Å²) in [5, 5.41) is 4.56. The fourth-order valence-corrected chi connectivity index (χ4v) is 2.70.